The highest BCUT2D eigenvalue weighted by Gasteiger charge is 2.10. The van der Waals surface area contributed by atoms with E-state index in [2.05, 4.69) is 15.3 Å². The van der Waals surface area contributed by atoms with Crippen molar-refractivity contribution in [3.8, 4) is 11.4 Å². The molecule has 0 N–H and O–H groups in total. The zero-order valence-corrected chi connectivity index (χ0v) is 8.96. The number of halogens is 1. The van der Waals surface area contributed by atoms with E-state index in [0.717, 1.165) is 5.56 Å². The topological polar surface area (TPSA) is 43.1 Å². The Morgan fingerprint density at radius 2 is 1.81 bits per heavy atom. The zero-order valence-electron chi connectivity index (χ0n) is 8.21. The largest absolute Gasteiger partial charge is 0.196 e. The maximum Gasteiger partial charge on any atom is 0.196 e. The van der Waals surface area contributed by atoms with Crippen LogP contribution in [0.2, 0.25) is 5.02 Å². The standard InChI is InChI=1S/C11H7ClN4/c12-9-6-7-13-16-10(14-15-11(9)16)8-4-2-1-3-5-8/h1-7H. The molecule has 2 heterocycles. The number of nitrogens with zero attached hydrogens (tertiary/aromatic N) is 4. The van der Waals surface area contributed by atoms with E-state index in [1.807, 2.05) is 30.3 Å². The van der Waals surface area contributed by atoms with Crippen LogP contribution in [0.1, 0.15) is 0 Å². The minimum Gasteiger partial charge on any atom is -0.191 e. The van der Waals surface area contributed by atoms with Crippen LogP contribution < -0.4 is 0 Å². The summed E-state index contributed by atoms with van der Waals surface area (Å²) in [5.41, 5.74) is 1.53. The lowest BCUT2D eigenvalue weighted by Crippen LogP contribution is -1.93. The average molecular weight is 231 g/mol. The van der Waals surface area contributed by atoms with Crippen molar-refractivity contribution in [1.82, 2.24) is 19.8 Å². The SMILES string of the molecule is Clc1ccnn2c(-c3ccccc3)nnc12. The summed E-state index contributed by atoms with van der Waals surface area (Å²) in [6.07, 6.45) is 1.63. The van der Waals surface area contributed by atoms with E-state index in [9.17, 15) is 0 Å². The van der Waals surface area contributed by atoms with E-state index in [1.165, 1.54) is 0 Å². The summed E-state index contributed by atoms with van der Waals surface area (Å²) in [5, 5.41) is 12.8. The Labute approximate surface area is 96.5 Å². The zero-order chi connectivity index (χ0) is 11.0. The van der Waals surface area contributed by atoms with Gasteiger partial charge in [-0.3, -0.25) is 0 Å². The van der Waals surface area contributed by atoms with Crippen molar-refractivity contribution in [2.75, 3.05) is 0 Å². The molecule has 0 bridgehead atoms. The van der Waals surface area contributed by atoms with E-state index < -0.39 is 0 Å². The highest BCUT2D eigenvalue weighted by Crippen LogP contribution is 2.20. The molecule has 0 atom stereocenters. The lowest BCUT2D eigenvalue weighted by molar-refractivity contribution is 0.936. The molecule has 0 amide bonds. The van der Waals surface area contributed by atoms with Crippen LogP contribution >= 0.6 is 11.6 Å². The van der Waals surface area contributed by atoms with Gasteiger partial charge < -0.3 is 0 Å². The lowest BCUT2D eigenvalue weighted by Gasteiger charge is -1.98. The molecule has 0 aliphatic rings. The summed E-state index contributed by atoms with van der Waals surface area (Å²) in [6.45, 7) is 0. The van der Waals surface area contributed by atoms with Crippen molar-refractivity contribution >= 4 is 17.2 Å². The van der Waals surface area contributed by atoms with Gasteiger partial charge in [-0.05, 0) is 6.07 Å². The molecule has 78 valence electrons. The van der Waals surface area contributed by atoms with Gasteiger partial charge in [-0.15, -0.1) is 10.2 Å². The smallest absolute Gasteiger partial charge is 0.191 e. The molecule has 2 aromatic heterocycles. The maximum absolute atomic E-state index is 5.99. The fourth-order valence-corrected chi connectivity index (χ4v) is 1.72. The first-order valence-corrected chi connectivity index (χ1v) is 5.15. The molecule has 3 rings (SSSR count). The van der Waals surface area contributed by atoms with E-state index in [-0.39, 0.29) is 0 Å². The molecule has 0 saturated carbocycles. The minimum atomic E-state index is 0.546. The summed E-state index contributed by atoms with van der Waals surface area (Å²) in [6, 6.07) is 11.5. The highest BCUT2D eigenvalue weighted by atomic mass is 35.5. The number of aromatic nitrogens is 4. The quantitative estimate of drug-likeness (QED) is 0.645. The van der Waals surface area contributed by atoms with Crippen LogP contribution in [0.4, 0.5) is 0 Å². The summed E-state index contributed by atoms with van der Waals surface area (Å²) in [4.78, 5) is 0. The van der Waals surface area contributed by atoms with E-state index in [1.54, 1.807) is 16.8 Å². The molecule has 0 fully saturated rings. The van der Waals surface area contributed by atoms with Crippen molar-refractivity contribution in [3.63, 3.8) is 0 Å². The molecule has 3 aromatic rings. The van der Waals surface area contributed by atoms with Crippen molar-refractivity contribution in [3.05, 3.63) is 47.6 Å². The van der Waals surface area contributed by atoms with Crippen molar-refractivity contribution in [2.24, 2.45) is 0 Å². The molecule has 0 aliphatic heterocycles. The molecule has 16 heavy (non-hydrogen) atoms. The summed E-state index contributed by atoms with van der Waals surface area (Å²) in [7, 11) is 0. The highest BCUT2D eigenvalue weighted by molar-refractivity contribution is 6.33. The summed E-state index contributed by atoms with van der Waals surface area (Å²) >= 11 is 5.99. The van der Waals surface area contributed by atoms with Gasteiger partial charge in [-0.1, -0.05) is 41.9 Å². The van der Waals surface area contributed by atoms with Crippen LogP contribution in [0.15, 0.2) is 42.6 Å². The molecule has 0 saturated heterocycles. The lowest BCUT2D eigenvalue weighted by atomic mass is 10.2. The molecular weight excluding hydrogens is 224 g/mol. The molecule has 5 heteroatoms. The predicted molar refractivity (Wildman–Crippen MR) is 61.2 cm³/mol. The number of benzene rings is 1. The van der Waals surface area contributed by atoms with Crippen molar-refractivity contribution in [1.29, 1.82) is 0 Å². The van der Waals surface area contributed by atoms with E-state index >= 15 is 0 Å². The van der Waals surface area contributed by atoms with Gasteiger partial charge in [0.25, 0.3) is 0 Å². The van der Waals surface area contributed by atoms with Gasteiger partial charge in [0.1, 0.15) is 0 Å². The molecule has 0 unspecified atom stereocenters. The monoisotopic (exact) mass is 230 g/mol. The average Bonchev–Trinajstić information content (AvgIpc) is 2.75. The molecular formula is C11H7ClN4. The predicted octanol–water partition coefficient (Wildman–Crippen LogP) is 2.44. The number of rotatable bonds is 1. The van der Waals surface area contributed by atoms with Gasteiger partial charge in [-0.2, -0.15) is 9.61 Å². The van der Waals surface area contributed by atoms with Gasteiger partial charge in [0.15, 0.2) is 11.5 Å². The Balaban J connectivity index is 2.30. The molecule has 1 aromatic carbocycles. The van der Waals surface area contributed by atoms with Gasteiger partial charge >= 0.3 is 0 Å². The first-order valence-electron chi connectivity index (χ1n) is 4.77. The Bertz CT molecular complexity index is 633. The molecule has 4 nitrogen and oxygen atoms in total. The third kappa shape index (κ3) is 1.35. The Hall–Kier alpha value is -1.94. The second-order valence-corrected chi connectivity index (χ2v) is 3.71. The van der Waals surface area contributed by atoms with E-state index in [4.69, 9.17) is 11.6 Å². The van der Waals surface area contributed by atoms with Gasteiger partial charge in [0.2, 0.25) is 0 Å². The fourth-order valence-electron chi connectivity index (χ4n) is 1.55. The van der Waals surface area contributed by atoms with Crippen molar-refractivity contribution in [2.45, 2.75) is 0 Å². The fraction of sp³-hybridized carbons (Fsp3) is 0. The second kappa shape index (κ2) is 3.57. The van der Waals surface area contributed by atoms with Crippen LogP contribution in [-0.4, -0.2) is 19.8 Å². The Kier molecular flexibility index (Phi) is 2.08. The van der Waals surface area contributed by atoms with Crippen LogP contribution in [0.5, 0.6) is 0 Å². The van der Waals surface area contributed by atoms with E-state index in [0.29, 0.717) is 16.5 Å². The number of fused-ring (bicyclic) bond motifs is 1. The first-order chi connectivity index (χ1) is 7.86. The third-order valence-corrected chi connectivity index (χ3v) is 2.58. The molecule has 0 spiro atoms. The van der Waals surface area contributed by atoms with Crippen molar-refractivity contribution < 1.29 is 0 Å². The molecule has 0 aliphatic carbocycles. The normalized spacial score (nSPS) is 10.8. The number of hydrogen-bond acceptors (Lipinski definition) is 3. The van der Waals surface area contributed by atoms with Gasteiger partial charge in [-0.25, -0.2) is 0 Å². The Morgan fingerprint density at radius 1 is 1.00 bits per heavy atom. The van der Waals surface area contributed by atoms with Gasteiger partial charge in [0.05, 0.1) is 5.02 Å². The minimum absolute atomic E-state index is 0.546. The number of hydrogen-bond donors (Lipinski definition) is 0. The maximum atomic E-state index is 5.99. The summed E-state index contributed by atoms with van der Waals surface area (Å²) < 4.78 is 1.64. The van der Waals surface area contributed by atoms with Crippen LogP contribution in [0, 0.1) is 0 Å². The van der Waals surface area contributed by atoms with Crippen LogP contribution in [0.3, 0.4) is 0 Å². The molecule has 0 radical (unpaired) electrons. The first kappa shape index (κ1) is 9.30. The third-order valence-electron chi connectivity index (χ3n) is 2.29. The van der Waals surface area contributed by atoms with Crippen LogP contribution in [0.25, 0.3) is 17.0 Å². The second-order valence-electron chi connectivity index (χ2n) is 3.30. The summed E-state index contributed by atoms with van der Waals surface area (Å²) in [5.74, 6) is 0.693. The van der Waals surface area contributed by atoms with Gasteiger partial charge in [0, 0.05) is 11.8 Å². The Morgan fingerprint density at radius 3 is 2.62 bits per heavy atom. The van der Waals surface area contributed by atoms with Crippen LogP contribution in [-0.2, 0) is 0 Å².